The Labute approximate surface area is 151 Å². The number of hydrogen-bond acceptors (Lipinski definition) is 4. The highest BCUT2D eigenvalue weighted by Gasteiger charge is 2.56. The number of hydrogen-bond donors (Lipinski definition) is 2. The Kier molecular flexibility index (Phi) is 5.02. The first-order chi connectivity index (χ1) is 12.6. The van der Waals surface area contributed by atoms with Gasteiger partial charge < -0.3 is 15.4 Å². The largest absolute Gasteiger partial charge is 0.462 e. The van der Waals surface area contributed by atoms with E-state index in [0.717, 1.165) is 0 Å². The van der Waals surface area contributed by atoms with Crippen molar-refractivity contribution in [1.82, 2.24) is 0 Å². The fourth-order valence-corrected chi connectivity index (χ4v) is 2.68. The van der Waals surface area contributed by atoms with Crippen molar-refractivity contribution in [3.8, 4) is 0 Å². The van der Waals surface area contributed by atoms with Crippen LogP contribution < -0.4 is 10.6 Å². The van der Waals surface area contributed by atoms with Gasteiger partial charge in [-0.2, -0.15) is 0 Å². The molecule has 2 N–H and O–H groups in total. The zero-order valence-corrected chi connectivity index (χ0v) is 14.5. The van der Waals surface area contributed by atoms with Crippen LogP contribution in [0.3, 0.4) is 0 Å². The lowest BCUT2D eigenvalue weighted by Gasteiger charge is -2.17. The van der Waals surface area contributed by atoms with E-state index in [9.17, 15) is 14.4 Å². The number of amides is 2. The van der Waals surface area contributed by atoms with Crippen molar-refractivity contribution >= 4 is 29.2 Å². The summed E-state index contributed by atoms with van der Waals surface area (Å²) in [5, 5.41) is 5.50. The molecule has 26 heavy (non-hydrogen) atoms. The van der Waals surface area contributed by atoms with Crippen LogP contribution in [0.1, 0.15) is 30.1 Å². The van der Waals surface area contributed by atoms with Gasteiger partial charge in [-0.05, 0) is 44.0 Å². The maximum Gasteiger partial charge on any atom is 0.340 e. The summed E-state index contributed by atoms with van der Waals surface area (Å²) in [6.07, 6.45) is 0.943. The molecule has 2 aromatic carbocycles. The van der Waals surface area contributed by atoms with Crippen molar-refractivity contribution in [2.24, 2.45) is 5.41 Å². The van der Waals surface area contributed by atoms with Crippen LogP contribution in [0.2, 0.25) is 0 Å². The van der Waals surface area contributed by atoms with Crippen molar-refractivity contribution in [3.05, 3.63) is 60.2 Å². The quantitative estimate of drug-likeness (QED) is 0.617. The summed E-state index contributed by atoms with van der Waals surface area (Å²) in [5.41, 5.74) is 0.151. The lowest BCUT2D eigenvalue weighted by atomic mass is 10.0. The zero-order chi connectivity index (χ0) is 18.6. The molecule has 0 spiro atoms. The average Bonchev–Trinajstić information content (AvgIpc) is 3.45. The van der Waals surface area contributed by atoms with E-state index in [1.165, 1.54) is 0 Å². The van der Waals surface area contributed by atoms with Crippen LogP contribution in [-0.2, 0) is 14.3 Å². The molecule has 1 saturated carbocycles. The third-order valence-electron chi connectivity index (χ3n) is 4.32. The van der Waals surface area contributed by atoms with E-state index in [-0.39, 0.29) is 18.1 Å². The van der Waals surface area contributed by atoms with E-state index < -0.39 is 17.3 Å². The van der Waals surface area contributed by atoms with E-state index in [0.29, 0.717) is 24.2 Å². The predicted octanol–water partition coefficient (Wildman–Crippen LogP) is 3.22. The normalized spacial score (nSPS) is 14.2. The number of para-hydroxylation sites is 2. The minimum atomic E-state index is -1.10. The summed E-state index contributed by atoms with van der Waals surface area (Å²) in [6, 6.07) is 15.6. The van der Waals surface area contributed by atoms with Crippen molar-refractivity contribution < 1.29 is 19.1 Å². The molecule has 6 heteroatoms. The van der Waals surface area contributed by atoms with Gasteiger partial charge in [0.05, 0.1) is 17.9 Å². The number of nitrogens with one attached hydrogen (secondary N) is 2. The van der Waals surface area contributed by atoms with Gasteiger partial charge in [0, 0.05) is 5.69 Å². The maximum absolute atomic E-state index is 12.7. The molecule has 2 aromatic rings. The molecule has 1 aliphatic carbocycles. The van der Waals surface area contributed by atoms with Crippen LogP contribution in [-0.4, -0.2) is 24.4 Å². The predicted molar refractivity (Wildman–Crippen MR) is 97.8 cm³/mol. The summed E-state index contributed by atoms with van der Waals surface area (Å²) >= 11 is 0. The summed E-state index contributed by atoms with van der Waals surface area (Å²) in [6.45, 7) is 1.96. The first-order valence-electron chi connectivity index (χ1n) is 8.51. The van der Waals surface area contributed by atoms with Crippen molar-refractivity contribution in [3.63, 3.8) is 0 Å². The molecule has 0 radical (unpaired) electrons. The summed E-state index contributed by atoms with van der Waals surface area (Å²) < 4.78 is 5.01. The van der Waals surface area contributed by atoms with Gasteiger partial charge in [-0.1, -0.05) is 30.3 Å². The van der Waals surface area contributed by atoms with Gasteiger partial charge in [-0.15, -0.1) is 0 Å². The minimum absolute atomic E-state index is 0.241. The number of ether oxygens (including phenoxy) is 1. The molecule has 1 aliphatic rings. The van der Waals surface area contributed by atoms with Gasteiger partial charge in [0.25, 0.3) is 0 Å². The number of carbonyl (C=O) groups is 3. The Morgan fingerprint density at radius 2 is 1.54 bits per heavy atom. The van der Waals surface area contributed by atoms with Crippen LogP contribution in [0.5, 0.6) is 0 Å². The van der Waals surface area contributed by atoms with Crippen LogP contribution in [0.25, 0.3) is 0 Å². The molecule has 0 unspecified atom stereocenters. The highest BCUT2D eigenvalue weighted by molar-refractivity contribution is 6.17. The Balaban J connectivity index is 1.74. The lowest BCUT2D eigenvalue weighted by molar-refractivity contribution is -0.131. The Morgan fingerprint density at radius 1 is 0.923 bits per heavy atom. The molecular formula is C20H20N2O4. The first kappa shape index (κ1) is 17.7. The second-order valence-corrected chi connectivity index (χ2v) is 6.12. The zero-order valence-electron chi connectivity index (χ0n) is 14.5. The van der Waals surface area contributed by atoms with Crippen molar-refractivity contribution in [1.29, 1.82) is 0 Å². The summed E-state index contributed by atoms with van der Waals surface area (Å²) in [5.74, 6) is -1.26. The molecule has 6 nitrogen and oxygen atoms in total. The fraction of sp³-hybridized carbons (Fsp3) is 0.250. The Hall–Kier alpha value is -3.15. The van der Waals surface area contributed by atoms with Gasteiger partial charge >= 0.3 is 5.97 Å². The summed E-state index contributed by atoms with van der Waals surface area (Å²) in [4.78, 5) is 37.4. The van der Waals surface area contributed by atoms with Crippen LogP contribution in [0, 0.1) is 5.41 Å². The van der Waals surface area contributed by atoms with Gasteiger partial charge in [0.1, 0.15) is 5.41 Å². The maximum atomic E-state index is 12.7. The topological polar surface area (TPSA) is 84.5 Å². The third kappa shape index (κ3) is 3.59. The number of anilines is 2. The molecule has 134 valence electrons. The Morgan fingerprint density at radius 3 is 2.19 bits per heavy atom. The first-order valence-corrected chi connectivity index (χ1v) is 8.51. The molecule has 3 rings (SSSR count). The van der Waals surface area contributed by atoms with Gasteiger partial charge in [0.15, 0.2) is 0 Å². The molecule has 0 aromatic heterocycles. The van der Waals surface area contributed by atoms with E-state index in [1.54, 1.807) is 43.3 Å². The van der Waals surface area contributed by atoms with Crippen molar-refractivity contribution in [2.45, 2.75) is 19.8 Å². The van der Waals surface area contributed by atoms with Crippen LogP contribution in [0.4, 0.5) is 11.4 Å². The SMILES string of the molecule is CCOC(=O)c1ccccc1NC(=O)C1(C(=O)Nc2ccccc2)CC1. The molecule has 1 fully saturated rings. The summed E-state index contributed by atoms with van der Waals surface area (Å²) in [7, 11) is 0. The Bertz CT molecular complexity index is 829. The van der Waals surface area contributed by atoms with Gasteiger partial charge in [-0.25, -0.2) is 4.79 Å². The number of rotatable bonds is 6. The van der Waals surface area contributed by atoms with E-state index in [1.807, 2.05) is 18.2 Å². The minimum Gasteiger partial charge on any atom is -0.462 e. The molecule has 2 amide bonds. The third-order valence-corrected chi connectivity index (χ3v) is 4.32. The second kappa shape index (κ2) is 7.39. The average molecular weight is 352 g/mol. The molecule has 0 saturated heterocycles. The highest BCUT2D eigenvalue weighted by atomic mass is 16.5. The number of benzene rings is 2. The smallest absolute Gasteiger partial charge is 0.340 e. The molecule has 0 heterocycles. The highest BCUT2D eigenvalue weighted by Crippen LogP contribution is 2.47. The molecular weight excluding hydrogens is 332 g/mol. The molecule has 0 aliphatic heterocycles. The van der Waals surface area contributed by atoms with Crippen LogP contribution >= 0.6 is 0 Å². The number of esters is 1. The standard InChI is InChI=1S/C20H20N2O4/c1-2-26-17(23)15-10-6-7-11-16(15)22-19(25)20(12-13-20)18(24)21-14-8-4-3-5-9-14/h3-11H,2,12-13H2,1H3,(H,21,24)(H,22,25). The van der Waals surface area contributed by atoms with E-state index >= 15 is 0 Å². The van der Waals surface area contributed by atoms with Gasteiger partial charge in [-0.3, -0.25) is 9.59 Å². The number of carbonyl (C=O) groups excluding carboxylic acids is 3. The molecule has 0 atom stereocenters. The monoisotopic (exact) mass is 352 g/mol. The van der Waals surface area contributed by atoms with E-state index in [2.05, 4.69) is 10.6 Å². The second-order valence-electron chi connectivity index (χ2n) is 6.12. The van der Waals surface area contributed by atoms with Gasteiger partial charge in [0.2, 0.25) is 11.8 Å². The lowest BCUT2D eigenvalue weighted by Crippen LogP contribution is -2.36. The fourth-order valence-electron chi connectivity index (χ4n) is 2.68. The van der Waals surface area contributed by atoms with Crippen molar-refractivity contribution in [2.75, 3.05) is 17.2 Å². The molecule has 0 bridgehead atoms. The van der Waals surface area contributed by atoms with Crippen LogP contribution in [0.15, 0.2) is 54.6 Å². The van der Waals surface area contributed by atoms with E-state index in [4.69, 9.17) is 4.74 Å².